The van der Waals surface area contributed by atoms with Crippen LogP contribution in [0.4, 0.5) is 5.00 Å². The highest BCUT2D eigenvalue weighted by Crippen LogP contribution is 2.25. The molecule has 0 aliphatic heterocycles. The van der Waals surface area contributed by atoms with Gasteiger partial charge in [0.25, 0.3) is 0 Å². The van der Waals surface area contributed by atoms with Gasteiger partial charge in [0.15, 0.2) is 0 Å². The van der Waals surface area contributed by atoms with Crippen LogP contribution in [0.25, 0.3) is 0 Å². The lowest BCUT2D eigenvalue weighted by molar-refractivity contribution is -0.117. The Morgan fingerprint density at radius 3 is 2.83 bits per heavy atom. The largest absolute Gasteiger partial charge is 0.320 e. The molecule has 0 spiro atoms. The number of nitrogens with two attached hydrogens (primary N) is 1. The van der Waals surface area contributed by atoms with Crippen molar-refractivity contribution in [3.05, 3.63) is 16.5 Å². The van der Waals surface area contributed by atoms with Crippen molar-refractivity contribution in [1.29, 1.82) is 0 Å². The van der Waals surface area contributed by atoms with Gasteiger partial charge >= 0.3 is 0 Å². The standard InChI is InChI=1S/C7H9ClN2OS/c1-4(9)7(11)10-6-3-2-5(8)12-6/h2-4H,9H2,1H3,(H,10,11). The van der Waals surface area contributed by atoms with Gasteiger partial charge in [0.05, 0.1) is 15.4 Å². The molecule has 0 aliphatic carbocycles. The molecule has 0 fully saturated rings. The Morgan fingerprint density at radius 1 is 1.75 bits per heavy atom. The minimum absolute atomic E-state index is 0.200. The molecule has 1 rings (SSSR count). The molecule has 5 heteroatoms. The summed E-state index contributed by atoms with van der Waals surface area (Å²) in [6.07, 6.45) is 0. The van der Waals surface area contributed by atoms with Crippen molar-refractivity contribution in [3.63, 3.8) is 0 Å². The second-order valence-corrected chi connectivity index (χ2v) is 4.10. The minimum Gasteiger partial charge on any atom is -0.320 e. The van der Waals surface area contributed by atoms with E-state index in [9.17, 15) is 4.79 Å². The van der Waals surface area contributed by atoms with Gasteiger partial charge in [-0.1, -0.05) is 11.6 Å². The van der Waals surface area contributed by atoms with Gasteiger partial charge in [0.1, 0.15) is 0 Å². The van der Waals surface area contributed by atoms with Crippen molar-refractivity contribution >= 4 is 33.8 Å². The zero-order valence-corrected chi connectivity index (χ0v) is 8.08. The number of nitrogens with one attached hydrogen (secondary N) is 1. The summed E-state index contributed by atoms with van der Waals surface area (Å²) in [4.78, 5) is 11.0. The number of carbonyl (C=O) groups is 1. The fourth-order valence-corrected chi connectivity index (χ4v) is 1.56. The van der Waals surface area contributed by atoms with Gasteiger partial charge in [0, 0.05) is 0 Å². The van der Waals surface area contributed by atoms with E-state index in [4.69, 9.17) is 17.3 Å². The van der Waals surface area contributed by atoms with Crippen molar-refractivity contribution in [3.8, 4) is 0 Å². The number of anilines is 1. The Kier molecular flexibility index (Phi) is 3.08. The third-order valence-corrected chi connectivity index (χ3v) is 2.38. The highest BCUT2D eigenvalue weighted by Gasteiger charge is 2.08. The maximum absolute atomic E-state index is 11.0. The first kappa shape index (κ1) is 9.51. The maximum Gasteiger partial charge on any atom is 0.241 e. The molecule has 1 unspecified atom stereocenters. The lowest BCUT2D eigenvalue weighted by atomic mass is 10.3. The van der Waals surface area contributed by atoms with E-state index in [1.165, 1.54) is 11.3 Å². The number of hydrogen-bond donors (Lipinski definition) is 2. The molecule has 12 heavy (non-hydrogen) atoms. The van der Waals surface area contributed by atoms with Gasteiger partial charge < -0.3 is 11.1 Å². The van der Waals surface area contributed by atoms with E-state index in [0.29, 0.717) is 4.34 Å². The van der Waals surface area contributed by atoms with Gasteiger partial charge in [0.2, 0.25) is 5.91 Å². The Labute approximate surface area is 79.5 Å². The smallest absolute Gasteiger partial charge is 0.241 e. The molecule has 1 aromatic rings. The molecule has 0 saturated carbocycles. The number of amides is 1. The normalized spacial score (nSPS) is 12.6. The van der Waals surface area contributed by atoms with Crippen molar-refractivity contribution in [1.82, 2.24) is 0 Å². The second kappa shape index (κ2) is 3.89. The number of thiophene rings is 1. The number of carbonyl (C=O) groups excluding carboxylic acids is 1. The van der Waals surface area contributed by atoms with Crippen molar-refractivity contribution in [2.75, 3.05) is 5.32 Å². The quantitative estimate of drug-likeness (QED) is 0.771. The molecule has 1 aromatic heterocycles. The van der Waals surface area contributed by atoms with Gasteiger partial charge in [-0.25, -0.2) is 0 Å². The zero-order chi connectivity index (χ0) is 9.14. The number of rotatable bonds is 2. The van der Waals surface area contributed by atoms with E-state index in [1.54, 1.807) is 19.1 Å². The van der Waals surface area contributed by atoms with E-state index in [1.807, 2.05) is 0 Å². The highest BCUT2D eigenvalue weighted by atomic mass is 35.5. The maximum atomic E-state index is 11.0. The molecule has 0 aliphatic rings. The van der Waals surface area contributed by atoms with Crippen LogP contribution in [0.3, 0.4) is 0 Å². The van der Waals surface area contributed by atoms with E-state index >= 15 is 0 Å². The summed E-state index contributed by atoms with van der Waals surface area (Å²) < 4.78 is 0.648. The van der Waals surface area contributed by atoms with Gasteiger partial charge in [-0.3, -0.25) is 4.79 Å². The van der Waals surface area contributed by atoms with E-state index in [0.717, 1.165) is 5.00 Å². The van der Waals surface area contributed by atoms with Crippen molar-refractivity contribution < 1.29 is 4.79 Å². The zero-order valence-electron chi connectivity index (χ0n) is 6.50. The lowest BCUT2D eigenvalue weighted by Crippen LogP contribution is -2.32. The number of hydrogen-bond acceptors (Lipinski definition) is 3. The van der Waals surface area contributed by atoms with Crippen LogP contribution < -0.4 is 11.1 Å². The molecule has 0 saturated heterocycles. The Morgan fingerprint density at radius 2 is 2.42 bits per heavy atom. The first-order chi connectivity index (χ1) is 5.59. The Hall–Kier alpha value is -0.580. The molecule has 1 heterocycles. The Balaban J connectivity index is 2.58. The topological polar surface area (TPSA) is 55.1 Å². The summed E-state index contributed by atoms with van der Waals surface area (Å²) in [6, 6.07) is 2.97. The summed E-state index contributed by atoms with van der Waals surface area (Å²) in [5.74, 6) is -0.200. The summed E-state index contributed by atoms with van der Waals surface area (Å²) in [7, 11) is 0. The summed E-state index contributed by atoms with van der Waals surface area (Å²) in [6.45, 7) is 1.63. The van der Waals surface area contributed by atoms with Gasteiger partial charge in [-0.15, -0.1) is 11.3 Å². The molecule has 1 amide bonds. The third kappa shape index (κ3) is 2.48. The minimum atomic E-state index is -0.495. The molecular formula is C7H9ClN2OS. The Bertz CT molecular complexity index is 285. The molecule has 0 aromatic carbocycles. The number of halogens is 1. The highest BCUT2D eigenvalue weighted by molar-refractivity contribution is 7.20. The first-order valence-corrected chi connectivity index (χ1v) is 4.61. The molecule has 3 nitrogen and oxygen atoms in total. The molecule has 3 N–H and O–H groups in total. The van der Waals surface area contributed by atoms with Crippen LogP contribution in [-0.2, 0) is 4.79 Å². The van der Waals surface area contributed by atoms with Crippen LogP contribution in [0.1, 0.15) is 6.92 Å². The summed E-state index contributed by atoms with van der Waals surface area (Å²) in [5.41, 5.74) is 5.35. The molecule has 1 atom stereocenters. The SMILES string of the molecule is CC(N)C(=O)Nc1ccc(Cl)s1. The fourth-order valence-electron chi connectivity index (χ4n) is 0.617. The van der Waals surface area contributed by atoms with E-state index in [-0.39, 0.29) is 5.91 Å². The predicted octanol–water partition coefficient (Wildman–Crippen LogP) is 1.69. The van der Waals surface area contributed by atoms with Crippen LogP contribution in [0.5, 0.6) is 0 Å². The van der Waals surface area contributed by atoms with Crippen LogP contribution in [-0.4, -0.2) is 11.9 Å². The lowest BCUT2D eigenvalue weighted by Gasteiger charge is -2.03. The molecule has 0 bridgehead atoms. The van der Waals surface area contributed by atoms with Crippen LogP contribution >= 0.6 is 22.9 Å². The van der Waals surface area contributed by atoms with Crippen LogP contribution in [0.2, 0.25) is 4.34 Å². The van der Waals surface area contributed by atoms with E-state index in [2.05, 4.69) is 5.32 Å². The monoisotopic (exact) mass is 204 g/mol. The van der Waals surface area contributed by atoms with Gasteiger partial charge in [-0.2, -0.15) is 0 Å². The first-order valence-electron chi connectivity index (χ1n) is 3.41. The predicted molar refractivity (Wildman–Crippen MR) is 51.6 cm³/mol. The van der Waals surface area contributed by atoms with Crippen LogP contribution in [0.15, 0.2) is 12.1 Å². The fraction of sp³-hybridized carbons (Fsp3) is 0.286. The summed E-state index contributed by atoms with van der Waals surface area (Å²) in [5, 5.41) is 3.36. The summed E-state index contributed by atoms with van der Waals surface area (Å²) >= 11 is 6.97. The average Bonchev–Trinajstić information content (AvgIpc) is 2.35. The molecule has 0 radical (unpaired) electrons. The third-order valence-electron chi connectivity index (χ3n) is 1.23. The van der Waals surface area contributed by atoms with Crippen LogP contribution in [0, 0.1) is 0 Å². The van der Waals surface area contributed by atoms with Crippen molar-refractivity contribution in [2.24, 2.45) is 5.73 Å². The average molecular weight is 205 g/mol. The molecular weight excluding hydrogens is 196 g/mol. The second-order valence-electron chi connectivity index (χ2n) is 2.38. The van der Waals surface area contributed by atoms with Gasteiger partial charge in [-0.05, 0) is 19.1 Å². The van der Waals surface area contributed by atoms with Crippen molar-refractivity contribution in [2.45, 2.75) is 13.0 Å². The molecule has 66 valence electrons. The van der Waals surface area contributed by atoms with E-state index < -0.39 is 6.04 Å².